The molecule has 2 aromatic rings. The van der Waals surface area contributed by atoms with Crippen molar-refractivity contribution in [3.05, 3.63) is 42.6 Å². The molecule has 2 aliphatic rings. The van der Waals surface area contributed by atoms with Gasteiger partial charge in [0.25, 0.3) is 0 Å². The zero-order chi connectivity index (χ0) is 17.4. The highest BCUT2D eigenvalue weighted by Crippen LogP contribution is 2.47. The van der Waals surface area contributed by atoms with Gasteiger partial charge in [0, 0.05) is 37.3 Å². The minimum atomic E-state index is -0.372. The average Bonchev–Trinajstić information content (AvgIpc) is 3.32. The first kappa shape index (κ1) is 16.1. The molecule has 0 radical (unpaired) electrons. The lowest BCUT2D eigenvalue weighted by atomic mass is 10.2. The van der Waals surface area contributed by atoms with Crippen molar-refractivity contribution in [3.63, 3.8) is 0 Å². The lowest BCUT2D eigenvalue weighted by molar-refractivity contribution is -0.138. The van der Waals surface area contributed by atoms with Crippen molar-refractivity contribution in [1.29, 1.82) is 0 Å². The summed E-state index contributed by atoms with van der Waals surface area (Å²) in [5, 5.41) is 2.94. The number of nitrogens with one attached hydrogen (secondary N) is 1. The summed E-state index contributed by atoms with van der Waals surface area (Å²) in [6.45, 7) is 2.45. The topological polar surface area (TPSA) is 80.1 Å². The molecule has 2 aromatic heterocycles. The molecule has 2 aliphatic heterocycles. The first-order valence-corrected chi connectivity index (χ1v) is 9.22. The molecule has 0 saturated carbocycles. The summed E-state index contributed by atoms with van der Waals surface area (Å²) >= 11 is 1.70. The van der Waals surface area contributed by atoms with Crippen molar-refractivity contribution < 1.29 is 9.59 Å². The highest BCUT2D eigenvalue weighted by atomic mass is 32.2. The van der Waals surface area contributed by atoms with E-state index >= 15 is 0 Å². The van der Waals surface area contributed by atoms with E-state index in [4.69, 9.17) is 0 Å². The van der Waals surface area contributed by atoms with Crippen molar-refractivity contribution >= 4 is 23.6 Å². The molecule has 0 unspecified atom stereocenters. The summed E-state index contributed by atoms with van der Waals surface area (Å²) in [4.78, 5) is 34.6. The van der Waals surface area contributed by atoms with Crippen LogP contribution >= 0.6 is 11.8 Å². The molecule has 1 N–H and O–H groups in total. The third-order valence-corrected chi connectivity index (χ3v) is 6.30. The van der Waals surface area contributed by atoms with E-state index in [1.807, 2.05) is 22.9 Å². The first-order chi connectivity index (χ1) is 12.1. The molecule has 130 valence electrons. The Bertz CT molecular complexity index is 792. The number of amides is 2. The second-order valence-electron chi connectivity index (χ2n) is 6.48. The van der Waals surface area contributed by atoms with E-state index in [1.54, 1.807) is 35.4 Å². The van der Waals surface area contributed by atoms with Gasteiger partial charge in [-0.1, -0.05) is 6.07 Å². The van der Waals surface area contributed by atoms with Crippen molar-refractivity contribution in [2.24, 2.45) is 0 Å². The van der Waals surface area contributed by atoms with E-state index in [2.05, 4.69) is 22.2 Å². The number of imidazole rings is 1. The summed E-state index contributed by atoms with van der Waals surface area (Å²) in [5.41, 5.74) is 0.915. The molecule has 2 atom stereocenters. The van der Waals surface area contributed by atoms with Gasteiger partial charge in [-0.25, -0.2) is 9.97 Å². The predicted octanol–water partition coefficient (Wildman–Crippen LogP) is 1.34. The summed E-state index contributed by atoms with van der Waals surface area (Å²) in [6, 6.07) is 3.44. The van der Waals surface area contributed by atoms with Crippen LogP contribution in [0.3, 0.4) is 0 Å². The quantitative estimate of drug-likeness (QED) is 0.893. The number of carbonyl (C=O) groups is 2. The third kappa shape index (κ3) is 2.90. The molecule has 2 saturated heterocycles. The fraction of sp³-hybridized carbons (Fsp3) is 0.412. The Hall–Kier alpha value is -2.35. The minimum Gasteiger partial charge on any atom is -0.350 e. The van der Waals surface area contributed by atoms with E-state index in [1.165, 1.54) is 0 Å². The van der Waals surface area contributed by atoms with E-state index in [0.29, 0.717) is 18.7 Å². The summed E-state index contributed by atoms with van der Waals surface area (Å²) in [6.07, 6.45) is 8.30. The van der Waals surface area contributed by atoms with Crippen LogP contribution in [0, 0.1) is 0 Å². The second kappa shape index (κ2) is 6.18. The molecule has 0 bridgehead atoms. The average molecular weight is 357 g/mol. The number of rotatable bonds is 4. The van der Waals surface area contributed by atoms with Crippen molar-refractivity contribution in [2.75, 3.05) is 5.75 Å². The molecule has 7 nitrogen and oxygen atoms in total. The monoisotopic (exact) mass is 357 g/mol. The highest BCUT2D eigenvalue weighted by Gasteiger charge is 2.52. The van der Waals surface area contributed by atoms with Gasteiger partial charge in [0.2, 0.25) is 11.8 Å². The fourth-order valence-electron chi connectivity index (χ4n) is 3.39. The normalized spacial score (nSPS) is 25.2. The predicted molar refractivity (Wildman–Crippen MR) is 93.9 cm³/mol. The van der Waals surface area contributed by atoms with Gasteiger partial charge < -0.3 is 10.2 Å². The highest BCUT2D eigenvalue weighted by molar-refractivity contribution is 8.01. The van der Waals surface area contributed by atoms with Gasteiger partial charge >= 0.3 is 0 Å². The summed E-state index contributed by atoms with van der Waals surface area (Å²) in [5.74, 6) is 1.42. The maximum Gasteiger partial charge on any atom is 0.243 e. The van der Waals surface area contributed by atoms with Gasteiger partial charge in [-0.15, -0.1) is 11.8 Å². The van der Waals surface area contributed by atoms with E-state index in [-0.39, 0.29) is 22.7 Å². The van der Waals surface area contributed by atoms with Crippen LogP contribution in [0.4, 0.5) is 0 Å². The third-order valence-electron chi connectivity index (χ3n) is 4.79. The van der Waals surface area contributed by atoms with E-state index in [0.717, 1.165) is 17.8 Å². The number of pyridine rings is 1. The number of thioether (sulfide) groups is 1. The van der Waals surface area contributed by atoms with Crippen molar-refractivity contribution in [3.8, 4) is 5.82 Å². The van der Waals surface area contributed by atoms with Crippen molar-refractivity contribution in [1.82, 2.24) is 24.8 Å². The molecule has 25 heavy (non-hydrogen) atoms. The standard InChI is InChI=1S/C17H19N5O2S/c1-17-5-4-15(23)22(17)13(10-25-17)16(24)20-9-12-2-3-14(19-8-12)21-7-6-18-11-21/h2-3,6-8,11,13H,4-5,9-10H2,1H3,(H,20,24)/t13-,17+/m0/s1. The molecule has 2 amide bonds. The Morgan fingerprint density at radius 1 is 1.48 bits per heavy atom. The maximum absolute atomic E-state index is 12.6. The molecule has 8 heteroatoms. The largest absolute Gasteiger partial charge is 0.350 e. The molecule has 0 spiro atoms. The molecule has 0 aliphatic carbocycles. The zero-order valence-electron chi connectivity index (χ0n) is 13.9. The second-order valence-corrected chi connectivity index (χ2v) is 7.98. The summed E-state index contributed by atoms with van der Waals surface area (Å²) in [7, 11) is 0. The fourth-order valence-corrected chi connectivity index (χ4v) is 4.82. The number of nitrogens with zero attached hydrogens (tertiary/aromatic N) is 4. The lowest BCUT2D eigenvalue weighted by Crippen LogP contribution is -2.49. The molecule has 2 fully saturated rings. The zero-order valence-corrected chi connectivity index (χ0v) is 14.7. The molecule has 4 heterocycles. The van der Waals surface area contributed by atoms with Crippen LogP contribution in [0.25, 0.3) is 5.82 Å². The number of aromatic nitrogens is 3. The van der Waals surface area contributed by atoms with Gasteiger partial charge in [0.05, 0.1) is 4.87 Å². The van der Waals surface area contributed by atoms with Gasteiger partial charge in [-0.3, -0.25) is 14.2 Å². The van der Waals surface area contributed by atoms with E-state index < -0.39 is 0 Å². The Morgan fingerprint density at radius 3 is 3.08 bits per heavy atom. The molecule has 4 rings (SSSR count). The lowest BCUT2D eigenvalue weighted by Gasteiger charge is -2.29. The van der Waals surface area contributed by atoms with Crippen LogP contribution in [0.5, 0.6) is 0 Å². The maximum atomic E-state index is 12.6. The number of hydrogen-bond donors (Lipinski definition) is 1. The van der Waals surface area contributed by atoms with Crippen LogP contribution < -0.4 is 5.32 Å². The Kier molecular flexibility index (Phi) is 3.99. The minimum absolute atomic E-state index is 0.0824. The van der Waals surface area contributed by atoms with Crippen LogP contribution in [-0.2, 0) is 16.1 Å². The van der Waals surface area contributed by atoms with Crippen LogP contribution in [0.2, 0.25) is 0 Å². The van der Waals surface area contributed by atoms with Gasteiger partial charge in [-0.2, -0.15) is 0 Å². The Balaban J connectivity index is 1.38. The number of hydrogen-bond acceptors (Lipinski definition) is 5. The van der Waals surface area contributed by atoms with Crippen LogP contribution in [0.1, 0.15) is 25.3 Å². The smallest absolute Gasteiger partial charge is 0.243 e. The van der Waals surface area contributed by atoms with E-state index in [9.17, 15) is 9.59 Å². The van der Waals surface area contributed by atoms with Gasteiger partial charge in [0.1, 0.15) is 18.2 Å². The molecular formula is C17H19N5O2S. The summed E-state index contributed by atoms with van der Waals surface area (Å²) < 4.78 is 1.82. The van der Waals surface area contributed by atoms with Gasteiger partial charge in [-0.05, 0) is 25.0 Å². The Labute approximate surface area is 149 Å². The Morgan fingerprint density at radius 2 is 2.36 bits per heavy atom. The molecule has 0 aromatic carbocycles. The van der Waals surface area contributed by atoms with Gasteiger partial charge in [0.15, 0.2) is 0 Å². The number of carbonyl (C=O) groups excluding carboxylic acids is 2. The molecular weight excluding hydrogens is 338 g/mol. The first-order valence-electron chi connectivity index (χ1n) is 8.24. The van der Waals surface area contributed by atoms with Crippen LogP contribution in [0.15, 0.2) is 37.1 Å². The van der Waals surface area contributed by atoms with Crippen molar-refractivity contribution in [2.45, 2.75) is 37.2 Å². The SMILES string of the molecule is C[C@@]12CCC(=O)N1[C@H](C(=O)NCc1ccc(-n3ccnc3)nc1)CS2. The number of fused-ring (bicyclic) bond motifs is 1. The van der Waals surface area contributed by atoms with Crippen LogP contribution in [-0.4, -0.2) is 47.9 Å².